The van der Waals surface area contributed by atoms with E-state index < -0.39 is 0 Å². The molecule has 126 valence electrons. The number of piperidine rings is 1. The third-order valence-corrected chi connectivity index (χ3v) is 4.05. The molecule has 1 unspecified atom stereocenters. The lowest BCUT2D eigenvalue weighted by Crippen LogP contribution is -2.33. The van der Waals surface area contributed by atoms with Crippen LogP contribution in [0.1, 0.15) is 35.5 Å². The van der Waals surface area contributed by atoms with Gasteiger partial charge in [-0.1, -0.05) is 0 Å². The van der Waals surface area contributed by atoms with Crippen molar-refractivity contribution >= 4 is 18.3 Å². The lowest BCUT2D eigenvalue weighted by molar-refractivity contribution is 0.0945. The van der Waals surface area contributed by atoms with E-state index in [-0.39, 0.29) is 18.3 Å². The third-order valence-electron chi connectivity index (χ3n) is 4.05. The van der Waals surface area contributed by atoms with E-state index in [1.807, 2.05) is 19.1 Å². The molecule has 6 nitrogen and oxygen atoms in total. The zero-order valence-corrected chi connectivity index (χ0v) is 14.0. The molecule has 0 aromatic carbocycles. The standard InChI is InChI=1S/C16H22N4O2.ClH/c1-11-4-5-15(22-11)13-9-14(20-19-13)16(21)18-8-6-12-3-2-7-17-10-12;/h4-5,9,12,17H,2-3,6-8,10H2,1H3,(H,18,21)(H,19,20);1H. The predicted molar refractivity (Wildman–Crippen MR) is 90.8 cm³/mol. The number of carbonyl (C=O) groups excluding carboxylic acids is 1. The van der Waals surface area contributed by atoms with Crippen LogP contribution in [0.15, 0.2) is 22.6 Å². The van der Waals surface area contributed by atoms with Gasteiger partial charge in [0.25, 0.3) is 5.91 Å². The topological polar surface area (TPSA) is 83.0 Å². The molecule has 0 radical (unpaired) electrons. The Kier molecular flexibility index (Phi) is 6.24. The molecule has 23 heavy (non-hydrogen) atoms. The van der Waals surface area contributed by atoms with E-state index in [2.05, 4.69) is 20.8 Å². The SMILES string of the molecule is Cc1ccc(-c2cc(C(=O)NCCC3CCCNC3)n[nH]2)o1.Cl. The summed E-state index contributed by atoms with van der Waals surface area (Å²) in [4.78, 5) is 12.1. The van der Waals surface area contributed by atoms with Gasteiger partial charge >= 0.3 is 0 Å². The molecule has 0 saturated carbocycles. The minimum atomic E-state index is -0.144. The summed E-state index contributed by atoms with van der Waals surface area (Å²) in [6.45, 7) is 4.74. The summed E-state index contributed by atoms with van der Waals surface area (Å²) in [6, 6.07) is 5.46. The fourth-order valence-electron chi connectivity index (χ4n) is 2.79. The van der Waals surface area contributed by atoms with E-state index in [0.29, 0.717) is 23.9 Å². The van der Waals surface area contributed by atoms with Gasteiger partial charge in [-0.05, 0) is 57.3 Å². The van der Waals surface area contributed by atoms with E-state index >= 15 is 0 Å². The number of furan rings is 1. The average molecular weight is 339 g/mol. The van der Waals surface area contributed by atoms with E-state index in [0.717, 1.165) is 31.0 Å². The number of nitrogens with zero attached hydrogens (tertiary/aromatic N) is 1. The van der Waals surface area contributed by atoms with Crippen molar-refractivity contribution in [2.45, 2.75) is 26.2 Å². The second-order valence-electron chi connectivity index (χ2n) is 5.83. The van der Waals surface area contributed by atoms with Gasteiger partial charge in [0.15, 0.2) is 11.5 Å². The van der Waals surface area contributed by atoms with Gasteiger partial charge in [-0.25, -0.2) is 0 Å². The second-order valence-corrected chi connectivity index (χ2v) is 5.83. The van der Waals surface area contributed by atoms with Crippen LogP contribution < -0.4 is 10.6 Å². The van der Waals surface area contributed by atoms with Crippen molar-refractivity contribution in [3.63, 3.8) is 0 Å². The van der Waals surface area contributed by atoms with Crippen LogP contribution in [0, 0.1) is 12.8 Å². The number of aromatic amines is 1. The second kappa shape index (κ2) is 8.17. The highest BCUT2D eigenvalue weighted by Gasteiger charge is 2.15. The Morgan fingerprint density at radius 1 is 1.48 bits per heavy atom. The average Bonchev–Trinajstić information content (AvgIpc) is 3.17. The van der Waals surface area contributed by atoms with Crippen molar-refractivity contribution in [3.05, 3.63) is 29.7 Å². The van der Waals surface area contributed by atoms with Gasteiger partial charge in [0.2, 0.25) is 0 Å². The number of halogens is 1. The minimum Gasteiger partial charge on any atom is -0.460 e. The quantitative estimate of drug-likeness (QED) is 0.782. The molecule has 1 saturated heterocycles. The molecule has 1 atom stereocenters. The number of H-pyrrole nitrogens is 1. The van der Waals surface area contributed by atoms with Gasteiger partial charge in [0.1, 0.15) is 11.5 Å². The maximum atomic E-state index is 12.1. The number of carbonyl (C=O) groups is 1. The molecular formula is C16H23ClN4O2. The first-order chi connectivity index (χ1) is 10.7. The highest BCUT2D eigenvalue weighted by molar-refractivity contribution is 5.93. The Morgan fingerprint density at radius 3 is 3.04 bits per heavy atom. The molecule has 1 aliphatic rings. The number of hydrogen-bond acceptors (Lipinski definition) is 4. The van der Waals surface area contributed by atoms with Crippen LogP contribution in [-0.2, 0) is 0 Å². The lowest BCUT2D eigenvalue weighted by Gasteiger charge is -2.22. The van der Waals surface area contributed by atoms with E-state index in [1.54, 1.807) is 6.07 Å². The maximum Gasteiger partial charge on any atom is 0.271 e. The molecule has 3 rings (SSSR count). The fourth-order valence-corrected chi connectivity index (χ4v) is 2.79. The normalized spacial score (nSPS) is 17.5. The third kappa shape index (κ3) is 4.59. The lowest BCUT2D eigenvalue weighted by atomic mass is 9.96. The summed E-state index contributed by atoms with van der Waals surface area (Å²) in [5, 5.41) is 13.2. The minimum absolute atomic E-state index is 0. The molecule has 2 aromatic heterocycles. The summed E-state index contributed by atoms with van der Waals surface area (Å²) < 4.78 is 5.51. The summed E-state index contributed by atoms with van der Waals surface area (Å²) in [5.74, 6) is 2.04. The number of nitrogens with one attached hydrogen (secondary N) is 3. The molecule has 1 amide bonds. The van der Waals surface area contributed by atoms with Gasteiger partial charge in [0, 0.05) is 12.6 Å². The molecule has 0 aliphatic carbocycles. The molecule has 1 fully saturated rings. The number of hydrogen-bond donors (Lipinski definition) is 3. The van der Waals surface area contributed by atoms with Crippen LogP contribution in [0.3, 0.4) is 0 Å². The molecule has 2 aromatic rings. The molecule has 0 bridgehead atoms. The van der Waals surface area contributed by atoms with Gasteiger partial charge in [0.05, 0.1) is 0 Å². The molecule has 0 spiro atoms. The smallest absolute Gasteiger partial charge is 0.271 e. The Bertz CT molecular complexity index is 632. The largest absolute Gasteiger partial charge is 0.460 e. The Balaban J connectivity index is 0.00000192. The van der Waals surface area contributed by atoms with Crippen molar-refractivity contribution < 1.29 is 9.21 Å². The number of aryl methyl sites for hydroxylation is 1. The van der Waals surface area contributed by atoms with Crippen LogP contribution in [-0.4, -0.2) is 35.7 Å². The van der Waals surface area contributed by atoms with E-state index in [1.165, 1.54) is 12.8 Å². The molecule has 7 heteroatoms. The van der Waals surface area contributed by atoms with E-state index in [9.17, 15) is 4.79 Å². The predicted octanol–water partition coefficient (Wildman–Crippen LogP) is 2.52. The molecule has 3 N–H and O–H groups in total. The van der Waals surface area contributed by atoms with E-state index in [4.69, 9.17) is 4.42 Å². The Labute approximate surface area is 141 Å². The molecular weight excluding hydrogens is 316 g/mol. The van der Waals surface area contributed by atoms with Crippen molar-refractivity contribution in [3.8, 4) is 11.5 Å². The van der Waals surface area contributed by atoms with Gasteiger partial charge in [-0.3, -0.25) is 9.89 Å². The Morgan fingerprint density at radius 2 is 2.35 bits per heavy atom. The van der Waals surface area contributed by atoms with Crippen LogP contribution >= 0.6 is 12.4 Å². The van der Waals surface area contributed by atoms with Crippen molar-refractivity contribution in [2.75, 3.05) is 19.6 Å². The summed E-state index contributed by atoms with van der Waals surface area (Å²) in [6.07, 6.45) is 3.48. The van der Waals surface area contributed by atoms with Crippen LogP contribution in [0.5, 0.6) is 0 Å². The monoisotopic (exact) mass is 338 g/mol. The first kappa shape index (κ1) is 17.6. The highest BCUT2D eigenvalue weighted by atomic mass is 35.5. The molecule has 3 heterocycles. The summed E-state index contributed by atoms with van der Waals surface area (Å²) in [7, 11) is 0. The van der Waals surface area contributed by atoms with Crippen molar-refractivity contribution in [1.82, 2.24) is 20.8 Å². The number of rotatable bonds is 5. The zero-order chi connectivity index (χ0) is 15.4. The number of amides is 1. The summed E-state index contributed by atoms with van der Waals surface area (Å²) >= 11 is 0. The van der Waals surface area contributed by atoms with Gasteiger partial charge in [-0.2, -0.15) is 5.10 Å². The highest BCUT2D eigenvalue weighted by Crippen LogP contribution is 2.20. The number of aromatic nitrogens is 2. The van der Waals surface area contributed by atoms with Crippen molar-refractivity contribution in [2.24, 2.45) is 5.92 Å². The van der Waals surface area contributed by atoms with Gasteiger partial charge in [-0.15, -0.1) is 12.4 Å². The van der Waals surface area contributed by atoms with Crippen LogP contribution in [0.25, 0.3) is 11.5 Å². The maximum absolute atomic E-state index is 12.1. The zero-order valence-electron chi connectivity index (χ0n) is 13.2. The molecule has 1 aliphatic heterocycles. The fraction of sp³-hybridized carbons (Fsp3) is 0.500. The first-order valence-electron chi connectivity index (χ1n) is 7.83. The van der Waals surface area contributed by atoms with Crippen molar-refractivity contribution in [1.29, 1.82) is 0 Å². The van der Waals surface area contributed by atoms with Gasteiger partial charge < -0.3 is 15.1 Å². The Hall–Kier alpha value is -1.79. The first-order valence-corrected chi connectivity index (χ1v) is 7.83. The van der Waals surface area contributed by atoms with Crippen LogP contribution in [0.4, 0.5) is 0 Å². The summed E-state index contributed by atoms with van der Waals surface area (Å²) in [5.41, 5.74) is 1.11. The van der Waals surface area contributed by atoms with Crippen LogP contribution in [0.2, 0.25) is 0 Å².